The summed E-state index contributed by atoms with van der Waals surface area (Å²) in [6, 6.07) is 7.49. The third-order valence-electron chi connectivity index (χ3n) is 2.63. The van der Waals surface area contributed by atoms with Gasteiger partial charge in [0.05, 0.1) is 6.04 Å². The standard InChI is InChI=1S/C13H17N3OS/c1-3-14-9(2)13-16-15-12(18-13)8-10-5-4-6-11(17)7-10/h4-7,9,14,17H,3,8H2,1-2H3. The van der Waals surface area contributed by atoms with E-state index in [0.717, 1.165) is 22.1 Å². The van der Waals surface area contributed by atoms with E-state index in [0.29, 0.717) is 12.2 Å². The molecule has 1 atom stereocenters. The van der Waals surface area contributed by atoms with Gasteiger partial charge in [-0.1, -0.05) is 30.4 Å². The van der Waals surface area contributed by atoms with E-state index in [-0.39, 0.29) is 6.04 Å². The Hall–Kier alpha value is -1.46. The van der Waals surface area contributed by atoms with E-state index < -0.39 is 0 Å². The number of rotatable bonds is 5. The van der Waals surface area contributed by atoms with Gasteiger partial charge in [0.2, 0.25) is 0 Å². The fraction of sp³-hybridized carbons (Fsp3) is 0.385. The Labute approximate surface area is 111 Å². The van der Waals surface area contributed by atoms with Crippen LogP contribution < -0.4 is 5.32 Å². The number of hydrogen-bond acceptors (Lipinski definition) is 5. The first kappa shape index (κ1) is 13.0. The van der Waals surface area contributed by atoms with Crippen LogP contribution in [0, 0.1) is 0 Å². The molecule has 1 aromatic heterocycles. The molecule has 0 bridgehead atoms. The van der Waals surface area contributed by atoms with E-state index in [1.807, 2.05) is 12.1 Å². The van der Waals surface area contributed by atoms with Gasteiger partial charge in [-0.25, -0.2) is 0 Å². The Morgan fingerprint density at radius 3 is 2.94 bits per heavy atom. The van der Waals surface area contributed by atoms with Crippen molar-refractivity contribution in [2.45, 2.75) is 26.3 Å². The van der Waals surface area contributed by atoms with Gasteiger partial charge >= 0.3 is 0 Å². The fourth-order valence-corrected chi connectivity index (χ4v) is 2.65. The van der Waals surface area contributed by atoms with Gasteiger partial charge in [-0.2, -0.15) is 0 Å². The van der Waals surface area contributed by atoms with Crippen molar-refractivity contribution in [3.63, 3.8) is 0 Å². The zero-order valence-corrected chi connectivity index (χ0v) is 11.4. The second-order valence-electron chi connectivity index (χ2n) is 4.16. The Morgan fingerprint density at radius 2 is 2.22 bits per heavy atom. The molecule has 0 saturated heterocycles. The van der Waals surface area contributed by atoms with Gasteiger partial charge in [0, 0.05) is 6.42 Å². The molecule has 5 heteroatoms. The molecule has 4 nitrogen and oxygen atoms in total. The predicted octanol–water partition coefficient (Wildman–Crippen LogP) is 2.51. The van der Waals surface area contributed by atoms with E-state index >= 15 is 0 Å². The van der Waals surface area contributed by atoms with E-state index in [2.05, 4.69) is 29.4 Å². The van der Waals surface area contributed by atoms with Gasteiger partial charge < -0.3 is 10.4 Å². The average Bonchev–Trinajstić information content (AvgIpc) is 2.78. The highest BCUT2D eigenvalue weighted by Gasteiger charge is 2.11. The number of benzene rings is 1. The van der Waals surface area contributed by atoms with Crippen molar-refractivity contribution in [1.29, 1.82) is 0 Å². The lowest BCUT2D eigenvalue weighted by Gasteiger charge is -2.06. The summed E-state index contributed by atoms with van der Waals surface area (Å²) < 4.78 is 0. The molecule has 0 amide bonds. The molecule has 0 fully saturated rings. The molecule has 1 heterocycles. The van der Waals surface area contributed by atoms with Crippen molar-refractivity contribution in [3.8, 4) is 5.75 Å². The molecule has 2 N–H and O–H groups in total. The lowest BCUT2D eigenvalue weighted by Crippen LogP contribution is -2.17. The monoisotopic (exact) mass is 263 g/mol. The first-order valence-electron chi connectivity index (χ1n) is 6.02. The molecule has 0 saturated carbocycles. The molecule has 0 radical (unpaired) electrons. The van der Waals surface area contributed by atoms with Gasteiger partial charge in [0.1, 0.15) is 15.8 Å². The van der Waals surface area contributed by atoms with Crippen LogP contribution >= 0.6 is 11.3 Å². The number of phenols is 1. The fourth-order valence-electron chi connectivity index (χ4n) is 1.75. The lowest BCUT2D eigenvalue weighted by atomic mass is 10.1. The van der Waals surface area contributed by atoms with Crippen LogP contribution in [0.2, 0.25) is 0 Å². The Kier molecular flexibility index (Phi) is 4.28. The molecule has 2 rings (SSSR count). The quantitative estimate of drug-likeness (QED) is 0.870. The molecule has 1 unspecified atom stereocenters. The predicted molar refractivity (Wildman–Crippen MR) is 72.9 cm³/mol. The number of phenolic OH excluding ortho intramolecular Hbond substituents is 1. The van der Waals surface area contributed by atoms with Gasteiger partial charge in [0.15, 0.2) is 0 Å². The zero-order chi connectivity index (χ0) is 13.0. The third-order valence-corrected chi connectivity index (χ3v) is 3.74. The number of aromatic nitrogens is 2. The molecule has 18 heavy (non-hydrogen) atoms. The average molecular weight is 263 g/mol. The van der Waals surface area contributed by atoms with Gasteiger partial charge in [0.25, 0.3) is 0 Å². The normalized spacial score (nSPS) is 12.6. The summed E-state index contributed by atoms with van der Waals surface area (Å²) in [4.78, 5) is 0. The second kappa shape index (κ2) is 5.93. The lowest BCUT2D eigenvalue weighted by molar-refractivity contribution is 0.474. The van der Waals surface area contributed by atoms with Crippen molar-refractivity contribution in [1.82, 2.24) is 15.5 Å². The van der Waals surface area contributed by atoms with Crippen LogP contribution in [0.3, 0.4) is 0 Å². The van der Waals surface area contributed by atoms with Crippen LogP contribution in [-0.2, 0) is 6.42 Å². The SMILES string of the molecule is CCNC(C)c1nnc(Cc2cccc(O)c2)s1. The Morgan fingerprint density at radius 1 is 1.39 bits per heavy atom. The summed E-state index contributed by atoms with van der Waals surface area (Å²) in [5, 5.41) is 23.1. The molecular formula is C13H17N3OS. The van der Waals surface area contributed by atoms with Crippen molar-refractivity contribution in [3.05, 3.63) is 39.8 Å². The maximum Gasteiger partial charge on any atom is 0.134 e. The summed E-state index contributed by atoms with van der Waals surface area (Å²) in [7, 11) is 0. The molecule has 0 aliphatic heterocycles. The molecule has 0 aliphatic carbocycles. The Bertz CT molecular complexity index is 512. The van der Waals surface area contributed by atoms with Crippen molar-refractivity contribution < 1.29 is 5.11 Å². The molecule has 0 aliphatic rings. The highest BCUT2D eigenvalue weighted by atomic mass is 32.1. The first-order valence-corrected chi connectivity index (χ1v) is 6.84. The van der Waals surface area contributed by atoms with Crippen LogP contribution in [0.25, 0.3) is 0 Å². The molecule has 0 spiro atoms. The van der Waals surface area contributed by atoms with Crippen molar-refractivity contribution in [2.24, 2.45) is 0 Å². The summed E-state index contributed by atoms with van der Waals surface area (Å²) in [5.41, 5.74) is 1.05. The minimum atomic E-state index is 0.241. The zero-order valence-electron chi connectivity index (χ0n) is 10.6. The highest BCUT2D eigenvalue weighted by molar-refractivity contribution is 7.11. The maximum atomic E-state index is 9.41. The largest absolute Gasteiger partial charge is 0.508 e. The number of hydrogen-bond donors (Lipinski definition) is 2. The Balaban J connectivity index is 2.06. The molecule has 1 aromatic carbocycles. The highest BCUT2D eigenvalue weighted by Crippen LogP contribution is 2.21. The van der Waals surface area contributed by atoms with E-state index in [9.17, 15) is 5.11 Å². The molecule has 96 valence electrons. The van der Waals surface area contributed by atoms with Crippen LogP contribution in [0.1, 0.15) is 35.5 Å². The summed E-state index contributed by atoms with van der Waals surface area (Å²) in [6.07, 6.45) is 0.713. The summed E-state index contributed by atoms with van der Waals surface area (Å²) in [5.74, 6) is 0.290. The van der Waals surface area contributed by atoms with Gasteiger partial charge in [-0.05, 0) is 31.2 Å². The van der Waals surface area contributed by atoms with Gasteiger partial charge in [-0.3, -0.25) is 0 Å². The van der Waals surface area contributed by atoms with Crippen LogP contribution in [-0.4, -0.2) is 21.8 Å². The maximum absolute atomic E-state index is 9.41. The second-order valence-corrected chi connectivity index (χ2v) is 5.25. The molecular weight excluding hydrogens is 246 g/mol. The topological polar surface area (TPSA) is 58.0 Å². The number of aromatic hydroxyl groups is 1. The third kappa shape index (κ3) is 3.27. The molecule has 2 aromatic rings. The van der Waals surface area contributed by atoms with Gasteiger partial charge in [-0.15, -0.1) is 10.2 Å². The van der Waals surface area contributed by atoms with Crippen LogP contribution in [0.5, 0.6) is 5.75 Å². The van der Waals surface area contributed by atoms with E-state index in [4.69, 9.17) is 0 Å². The number of nitrogens with one attached hydrogen (secondary N) is 1. The smallest absolute Gasteiger partial charge is 0.134 e. The number of nitrogens with zero attached hydrogens (tertiary/aromatic N) is 2. The summed E-state index contributed by atoms with van der Waals surface area (Å²) >= 11 is 1.62. The van der Waals surface area contributed by atoms with E-state index in [1.165, 1.54) is 0 Å². The van der Waals surface area contributed by atoms with Crippen LogP contribution in [0.15, 0.2) is 24.3 Å². The van der Waals surface area contributed by atoms with E-state index in [1.54, 1.807) is 23.5 Å². The minimum absolute atomic E-state index is 0.241. The van der Waals surface area contributed by atoms with Crippen molar-refractivity contribution in [2.75, 3.05) is 6.54 Å². The van der Waals surface area contributed by atoms with Crippen LogP contribution in [0.4, 0.5) is 0 Å². The minimum Gasteiger partial charge on any atom is -0.508 e. The first-order chi connectivity index (χ1) is 8.69. The summed E-state index contributed by atoms with van der Waals surface area (Å²) in [6.45, 7) is 5.08. The van der Waals surface area contributed by atoms with Crippen molar-refractivity contribution >= 4 is 11.3 Å².